The average molecular weight is 461 g/mol. The summed E-state index contributed by atoms with van der Waals surface area (Å²) in [6.45, 7) is 16.9. The first-order valence-corrected chi connectivity index (χ1v) is 11.5. The number of benzene rings is 1. The number of carbonyl (C=O) groups is 2. The maximum absolute atomic E-state index is 13.0. The van der Waals surface area contributed by atoms with Crippen LogP contribution < -0.4 is 5.32 Å². The fourth-order valence-corrected chi connectivity index (χ4v) is 3.48. The minimum Gasteiger partial charge on any atom is -0.333 e. The molecule has 0 fully saturated rings. The van der Waals surface area contributed by atoms with Crippen LogP contribution in [-0.4, -0.2) is 39.6 Å². The van der Waals surface area contributed by atoms with Crippen LogP contribution in [0.1, 0.15) is 67.5 Å². The van der Waals surface area contributed by atoms with E-state index in [4.69, 9.17) is 16.7 Å². The van der Waals surface area contributed by atoms with Gasteiger partial charge in [0.1, 0.15) is 5.82 Å². The van der Waals surface area contributed by atoms with Crippen molar-refractivity contribution in [3.63, 3.8) is 0 Å². The van der Waals surface area contributed by atoms with Crippen molar-refractivity contribution in [2.24, 2.45) is 11.3 Å². The number of anilines is 1. The van der Waals surface area contributed by atoms with Crippen molar-refractivity contribution < 1.29 is 9.59 Å². The summed E-state index contributed by atoms with van der Waals surface area (Å²) >= 11 is 6.41. The third-order valence-corrected chi connectivity index (χ3v) is 5.10. The van der Waals surface area contributed by atoms with Crippen LogP contribution in [0.3, 0.4) is 0 Å². The third-order valence-electron chi connectivity index (χ3n) is 4.78. The lowest BCUT2D eigenvalue weighted by Crippen LogP contribution is -2.41. The van der Waals surface area contributed by atoms with Gasteiger partial charge < -0.3 is 10.2 Å². The molecule has 1 N–H and O–H groups in total. The number of para-hydroxylation sites is 1. The van der Waals surface area contributed by atoms with E-state index in [1.807, 2.05) is 58.9 Å². The Morgan fingerprint density at radius 2 is 1.75 bits per heavy atom. The molecule has 7 heteroatoms. The number of nitrogens with zero attached hydrogens (tertiary/aromatic N) is 3. The fraction of sp³-hybridized carbons (Fsp3) is 0.560. The standard InChI is InChI=1S/C25H37ClN4O2/c1-17(2)15-29(23(32)14-24(3,4)5)16-22(31)27-21-13-20(25(6,7)8)28-30(21)19-12-10-9-11-18(19)26/h9-13,17H,14-16H2,1-8H3,(H,27,31). The minimum absolute atomic E-state index is 0.00829. The molecule has 2 rings (SSSR count). The van der Waals surface area contributed by atoms with Crippen molar-refractivity contribution in [2.45, 2.75) is 67.2 Å². The number of rotatable bonds is 7. The molecule has 6 nitrogen and oxygen atoms in total. The van der Waals surface area contributed by atoms with Crippen molar-refractivity contribution in [3.05, 3.63) is 41.0 Å². The summed E-state index contributed by atoms with van der Waals surface area (Å²) in [7, 11) is 0. The molecule has 0 aliphatic rings. The summed E-state index contributed by atoms with van der Waals surface area (Å²) in [6, 6.07) is 9.24. The van der Waals surface area contributed by atoms with Gasteiger partial charge in [0.2, 0.25) is 11.8 Å². The Labute approximate surface area is 197 Å². The van der Waals surface area contributed by atoms with Crippen molar-refractivity contribution in [1.29, 1.82) is 0 Å². The topological polar surface area (TPSA) is 67.2 Å². The highest BCUT2D eigenvalue weighted by Crippen LogP contribution is 2.29. The lowest BCUT2D eigenvalue weighted by Gasteiger charge is -2.27. The van der Waals surface area contributed by atoms with Gasteiger partial charge in [-0.05, 0) is 23.5 Å². The van der Waals surface area contributed by atoms with Crippen LogP contribution in [0.2, 0.25) is 5.02 Å². The van der Waals surface area contributed by atoms with Crippen LogP contribution >= 0.6 is 11.6 Å². The lowest BCUT2D eigenvalue weighted by atomic mass is 9.91. The van der Waals surface area contributed by atoms with Gasteiger partial charge in [0.15, 0.2) is 0 Å². The highest BCUT2D eigenvalue weighted by Gasteiger charge is 2.26. The first-order chi connectivity index (χ1) is 14.7. The van der Waals surface area contributed by atoms with E-state index in [9.17, 15) is 9.59 Å². The second kappa shape index (κ2) is 10.1. The number of carbonyl (C=O) groups excluding carboxylic acids is 2. The molecule has 2 aromatic rings. The number of amides is 2. The molecule has 32 heavy (non-hydrogen) atoms. The SMILES string of the molecule is CC(C)CN(CC(=O)Nc1cc(C(C)(C)C)nn1-c1ccccc1Cl)C(=O)CC(C)(C)C. The molecular weight excluding hydrogens is 424 g/mol. The van der Waals surface area contributed by atoms with E-state index in [1.54, 1.807) is 15.6 Å². The van der Waals surface area contributed by atoms with Crippen molar-refractivity contribution in [3.8, 4) is 5.69 Å². The average Bonchev–Trinajstić information content (AvgIpc) is 3.03. The van der Waals surface area contributed by atoms with Gasteiger partial charge in [-0.25, -0.2) is 4.68 Å². The Bertz CT molecular complexity index is 952. The zero-order valence-corrected chi connectivity index (χ0v) is 21.4. The van der Waals surface area contributed by atoms with Crippen molar-refractivity contribution in [1.82, 2.24) is 14.7 Å². The molecule has 0 aliphatic heterocycles. The van der Waals surface area contributed by atoms with E-state index in [-0.39, 0.29) is 35.1 Å². The summed E-state index contributed by atoms with van der Waals surface area (Å²) < 4.78 is 1.66. The van der Waals surface area contributed by atoms with Gasteiger partial charge in [-0.15, -0.1) is 0 Å². The van der Waals surface area contributed by atoms with Gasteiger partial charge in [-0.3, -0.25) is 9.59 Å². The first-order valence-electron chi connectivity index (χ1n) is 11.1. The van der Waals surface area contributed by atoms with E-state index in [0.29, 0.717) is 29.5 Å². The number of nitrogens with one attached hydrogen (secondary N) is 1. The summed E-state index contributed by atoms with van der Waals surface area (Å²) in [5.74, 6) is 0.506. The van der Waals surface area contributed by atoms with E-state index in [2.05, 4.69) is 26.1 Å². The highest BCUT2D eigenvalue weighted by atomic mass is 35.5. The summed E-state index contributed by atoms with van der Waals surface area (Å²) in [5, 5.41) is 8.21. The second-order valence-corrected chi connectivity index (χ2v) is 11.4. The number of aromatic nitrogens is 2. The molecule has 0 spiro atoms. The maximum Gasteiger partial charge on any atom is 0.245 e. The van der Waals surface area contributed by atoms with Gasteiger partial charge in [0.05, 0.1) is 22.9 Å². The van der Waals surface area contributed by atoms with Crippen molar-refractivity contribution in [2.75, 3.05) is 18.4 Å². The normalized spacial score (nSPS) is 12.2. The van der Waals surface area contributed by atoms with Gasteiger partial charge >= 0.3 is 0 Å². The monoisotopic (exact) mass is 460 g/mol. The molecule has 0 aliphatic carbocycles. The van der Waals surface area contributed by atoms with Crippen LogP contribution in [0.4, 0.5) is 5.82 Å². The third kappa shape index (κ3) is 7.37. The lowest BCUT2D eigenvalue weighted by molar-refractivity contribution is -0.136. The Morgan fingerprint density at radius 3 is 2.28 bits per heavy atom. The van der Waals surface area contributed by atoms with Gasteiger partial charge in [-0.2, -0.15) is 5.10 Å². The molecule has 0 atom stereocenters. The predicted molar refractivity (Wildman–Crippen MR) is 131 cm³/mol. The molecule has 0 saturated carbocycles. The minimum atomic E-state index is -0.262. The van der Waals surface area contributed by atoms with E-state index in [1.165, 1.54) is 0 Å². The fourth-order valence-electron chi connectivity index (χ4n) is 3.26. The first kappa shape index (κ1) is 25.9. The number of halogens is 1. The molecule has 1 aromatic heterocycles. The summed E-state index contributed by atoms with van der Waals surface area (Å²) in [4.78, 5) is 27.5. The Morgan fingerprint density at radius 1 is 1.12 bits per heavy atom. The Hall–Kier alpha value is -2.34. The summed E-state index contributed by atoms with van der Waals surface area (Å²) in [6.07, 6.45) is 0.388. The van der Waals surface area contributed by atoms with Gasteiger partial charge in [-0.1, -0.05) is 79.1 Å². The maximum atomic E-state index is 13.0. The van der Waals surface area contributed by atoms with Crippen LogP contribution in [0.15, 0.2) is 30.3 Å². The zero-order chi connectivity index (χ0) is 24.3. The summed E-state index contributed by atoms with van der Waals surface area (Å²) in [5.41, 5.74) is 1.16. The quantitative estimate of drug-likeness (QED) is 0.577. The number of hydrogen-bond donors (Lipinski definition) is 1. The van der Waals surface area contributed by atoms with Crippen molar-refractivity contribution >= 4 is 29.2 Å². The Kier molecular flexibility index (Phi) is 8.16. The second-order valence-electron chi connectivity index (χ2n) is 11.0. The molecule has 1 heterocycles. The highest BCUT2D eigenvalue weighted by molar-refractivity contribution is 6.32. The molecule has 2 amide bonds. The van der Waals surface area contributed by atoms with Crippen LogP contribution in [0, 0.1) is 11.3 Å². The molecule has 1 aromatic carbocycles. The van der Waals surface area contributed by atoms with E-state index < -0.39 is 0 Å². The molecular formula is C25H37ClN4O2. The molecule has 0 unspecified atom stereocenters. The largest absolute Gasteiger partial charge is 0.333 e. The van der Waals surface area contributed by atoms with E-state index in [0.717, 1.165) is 5.69 Å². The molecule has 0 saturated heterocycles. The molecule has 0 radical (unpaired) electrons. The molecule has 176 valence electrons. The van der Waals surface area contributed by atoms with Crippen LogP contribution in [-0.2, 0) is 15.0 Å². The van der Waals surface area contributed by atoms with Gasteiger partial charge in [0.25, 0.3) is 0 Å². The predicted octanol–water partition coefficient (Wildman–Crippen LogP) is 5.68. The van der Waals surface area contributed by atoms with Crippen LogP contribution in [0.25, 0.3) is 5.69 Å². The Balaban J connectivity index is 2.31. The van der Waals surface area contributed by atoms with Crippen LogP contribution in [0.5, 0.6) is 0 Å². The van der Waals surface area contributed by atoms with Gasteiger partial charge in [0, 0.05) is 24.4 Å². The smallest absolute Gasteiger partial charge is 0.245 e. The zero-order valence-electron chi connectivity index (χ0n) is 20.6. The number of hydrogen-bond acceptors (Lipinski definition) is 3. The molecule has 0 bridgehead atoms. The van der Waals surface area contributed by atoms with E-state index >= 15 is 0 Å².